The van der Waals surface area contributed by atoms with Crippen LogP contribution in [-0.2, 0) is 16.1 Å². The average molecular weight is 486 g/mol. The molecule has 2 aromatic heterocycles. The third-order valence-electron chi connectivity index (χ3n) is 5.08. The topological polar surface area (TPSA) is 104 Å². The van der Waals surface area contributed by atoms with Crippen LogP contribution in [0, 0.1) is 6.92 Å². The summed E-state index contributed by atoms with van der Waals surface area (Å²) in [6.07, 6.45) is 3.33. The predicted octanol–water partition coefficient (Wildman–Crippen LogP) is 3.99. The molecule has 2 heterocycles. The summed E-state index contributed by atoms with van der Waals surface area (Å²) in [4.78, 5) is 36.0. The standard InChI is InChI=1S/C24H27N3O6S/c1-6-27(13-16-9-10-17(30-3)19(12-16)31-4)20(28)14-33-24(29)21-15(2)25-22(26-23(21)34-5)18-8-7-11-32-18/h7-12H,6,13-14H2,1-5H3. The van der Waals surface area contributed by atoms with Crippen molar-refractivity contribution in [3.05, 3.63) is 53.4 Å². The summed E-state index contributed by atoms with van der Waals surface area (Å²) in [7, 11) is 3.12. The molecule has 0 N–H and O–H groups in total. The fraction of sp³-hybridized carbons (Fsp3) is 0.333. The molecule has 3 rings (SSSR count). The number of nitrogens with zero attached hydrogens (tertiary/aromatic N) is 3. The molecule has 0 saturated carbocycles. The number of aryl methyl sites for hydroxylation is 1. The van der Waals surface area contributed by atoms with Crippen LogP contribution in [0.15, 0.2) is 46.0 Å². The van der Waals surface area contributed by atoms with Gasteiger partial charge in [0.2, 0.25) is 0 Å². The largest absolute Gasteiger partial charge is 0.493 e. The molecule has 0 saturated heterocycles. The lowest BCUT2D eigenvalue weighted by molar-refractivity contribution is -0.135. The van der Waals surface area contributed by atoms with E-state index in [4.69, 9.17) is 18.6 Å². The fourth-order valence-electron chi connectivity index (χ4n) is 3.31. The third kappa shape index (κ3) is 5.69. The van der Waals surface area contributed by atoms with E-state index in [9.17, 15) is 9.59 Å². The lowest BCUT2D eigenvalue weighted by Crippen LogP contribution is -2.34. The summed E-state index contributed by atoms with van der Waals surface area (Å²) in [5.41, 5.74) is 1.54. The fourth-order valence-corrected chi connectivity index (χ4v) is 3.92. The Morgan fingerprint density at radius 1 is 1.12 bits per heavy atom. The zero-order valence-electron chi connectivity index (χ0n) is 19.8. The molecule has 10 heteroatoms. The van der Waals surface area contributed by atoms with E-state index in [0.29, 0.717) is 46.9 Å². The van der Waals surface area contributed by atoms with E-state index in [0.717, 1.165) is 5.56 Å². The third-order valence-corrected chi connectivity index (χ3v) is 5.76. The minimum absolute atomic E-state index is 0.235. The minimum atomic E-state index is -0.650. The molecule has 1 amide bonds. The number of aromatic nitrogens is 2. The first-order chi connectivity index (χ1) is 16.4. The molecular formula is C24H27N3O6S. The molecular weight excluding hydrogens is 458 g/mol. The van der Waals surface area contributed by atoms with E-state index >= 15 is 0 Å². The molecule has 9 nitrogen and oxygen atoms in total. The van der Waals surface area contributed by atoms with Crippen LogP contribution in [0.2, 0.25) is 0 Å². The number of amides is 1. The molecule has 180 valence electrons. The predicted molar refractivity (Wildman–Crippen MR) is 127 cm³/mol. The van der Waals surface area contributed by atoms with Crippen molar-refractivity contribution in [2.45, 2.75) is 25.4 Å². The Morgan fingerprint density at radius 2 is 1.88 bits per heavy atom. The Labute approximate surface area is 202 Å². The van der Waals surface area contributed by atoms with E-state index in [1.807, 2.05) is 19.1 Å². The van der Waals surface area contributed by atoms with Crippen molar-refractivity contribution >= 4 is 23.6 Å². The van der Waals surface area contributed by atoms with Crippen LogP contribution in [0.4, 0.5) is 0 Å². The summed E-state index contributed by atoms with van der Waals surface area (Å²) in [6, 6.07) is 8.93. The van der Waals surface area contributed by atoms with Crippen molar-refractivity contribution in [2.24, 2.45) is 0 Å². The minimum Gasteiger partial charge on any atom is -0.493 e. The van der Waals surface area contributed by atoms with Gasteiger partial charge < -0.3 is 23.5 Å². The number of methoxy groups -OCH3 is 2. The number of hydrogen-bond donors (Lipinski definition) is 0. The lowest BCUT2D eigenvalue weighted by Gasteiger charge is -2.21. The number of carbonyl (C=O) groups is 2. The van der Waals surface area contributed by atoms with Gasteiger partial charge in [-0.05, 0) is 49.9 Å². The Morgan fingerprint density at radius 3 is 2.50 bits per heavy atom. The number of thioether (sulfide) groups is 1. The van der Waals surface area contributed by atoms with Crippen LogP contribution < -0.4 is 9.47 Å². The van der Waals surface area contributed by atoms with Gasteiger partial charge in [0.25, 0.3) is 5.91 Å². The van der Waals surface area contributed by atoms with Crippen LogP contribution in [0.25, 0.3) is 11.6 Å². The summed E-state index contributed by atoms with van der Waals surface area (Å²) >= 11 is 1.29. The lowest BCUT2D eigenvalue weighted by atomic mass is 10.2. The highest BCUT2D eigenvalue weighted by molar-refractivity contribution is 7.98. The summed E-state index contributed by atoms with van der Waals surface area (Å²) in [5, 5.41) is 0.453. The molecule has 1 aromatic carbocycles. The molecule has 0 aliphatic heterocycles. The molecule has 34 heavy (non-hydrogen) atoms. The number of hydrogen-bond acceptors (Lipinski definition) is 9. The van der Waals surface area contributed by atoms with E-state index in [1.54, 1.807) is 50.5 Å². The maximum absolute atomic E-state index is 12.8. The van der Waals surface area contributed by atoms with Gasteiger partial charge in [0.05, 0.1) is 26.2 Å². The van der Waals surface area contributed by atoms with Gasteiger partial charge in [0.1, 0.15) is 10.6 Å². The summed E-state index contributed by atoms with van der Waals surface area (Å²) in [6.45, 7) is 3.94. The first-order valence-corrected chi connectivity index (χ1v) is 11.8. The first kappa shape index (κ1) is 25.1. The van der Waals surface area contributed by atoms with Crippen molar-refractivity contribution in [2.75, 3.05) is 33.6 Å². The van der Waals surface area contributed by atoms with E-state index in [2.05, 4.69) is 9.97 Å². The van der Waals surface area contributed by atoms with Gasteiger partial charge in [0.15, 0.2) is 29.7 Å². The Balaban J connectivity index is 1.69. The number of likely N-dealkylation sites (N-methyl/N-ethyl adjacent to an activating group) is 1. The molecule has 0 fully saturated rings. The van der Waals surface area contributed by atoms with Crippen LogP contribution in [0.5, 0.6) is 11.5 Å². The second-order valence-electron chi connectivity index (χ2n) is 7.17. The van der Waals surface area contributed by atoms with Gasteiger partial charge in [-0.25, -0.2) is 14.8 Å². The van der Waals surface area contributed by atoms with Crippen LogP contribution in [0.1, 0.15) is 28.5 Å². The quantitative estimate of drug-likeness (QED) is 0.239. The maximum atomic E-state index is 12.8. The highest BCUT2D eigenvalue weighted by atomic mass is 32.2. The monoisotopic (exact) mass is 485 g/mol. The van der Waals surface area contributed by atoms with Gasteiger partial charge in [0, 0.05) is 13.1 Å². The van der Waals surface area contributed by atoms with Gasteiger partial charge in [-0.1, -0.05) is 6.07 Å². The molecule has 0 spiro atoms. The maximum Gasteiger partial charge on any atom is 0.343 e. The average Bonchev–Trinajstić information content (AvgIpc) is 3.40. The molecule has 0 atom stereocenters. The highest BCUT2D eigenvalue weighted by Gasteiger charge is 2.23. The molecule has 0 bridgehead atoms. The van der Waals surface area contributed by atoms with Crippen molar-refractivity contribution in [1.82, 2.24) is 14.9 Å². The number of esters is 1. The van der Waals surface area contributed by atoms with E-state index in [1.165, 1.54) is 18.0 Å². The number of ether oxygens (including phenoxy) is 3. The number of benzene rings is 1. The summed E-state index contributed by atoms with van der Waals surface area (Å²) < 4.78 is 21.3. The highest BCUT2D eigenvalue weighted by Crippen LogP contribution is 2.28. The smallest absolute Gasteiger partial charge is 0.343 e. The van der Waals surface area contributed by atoms with Gasteiger partial charge >= 0.3 is 5.97 Å². The Bertz CT molecular complexity index is 1150. The Hall–Kier alpha value is -3.53. The molecule has 3 aromatic rings. The molecule has 0 aliphatic carbocycles. The van der Waals surface area contributed by atoms with Crippen LogP contribution in [-0.4, -0.2) is 60.4 Å². The van der Waals surface area contributed by atoms with Crippen molar-refractivity contribution < 1.29 is 28.2 Å². The van der Waals surface area contributed by atoms with Gasteiger partial charge in [-0.15, -0.1) is 11.8 Å². The van der Waals surface area contributed by atoms with Crippen LogP contribution >= 0.6 is 11.8 Å². The second kappa shape index (κ2) is 11.6. The van der Waals surface area contributed by atoms with E-state index < -0.39 is 12.6 Å². The number of furan rings is 1. The normalized spacial score (nSPS) is 10.6. The number of rotatable bonds is 10. The number of carbonyl (C=O) groups excluding carboxylic acids is 2. The SMILES string of the molecule is CCN(Cc1ccc(OC)c(OC)c1)C(=O)COC(=O)c1c(C)nc(-c2ccco2)nc1SC. The van der Waals surface area contributed by atoms with Crippen molar-refractivity contribution in [3.63, 3.8) is 0 Å². The Kier molecular flexibility index (Phi) is 8.53. The molecule has 0 radical (unpaired) electrons. The van der Waals surface area contributed by atoms with Crippen molar-refractivity contribution in [3.8, 4) is 23.1 Å². The second-order valence-corrected chi connectivity index (χ2v) is 7.96. The zero-order chi connectivity index (χ0) is 24.7. The van der Waals surface area contributed by atoms with Gasteiger partial charge in [-0.3, -0.25) is 4.79 Å². The van der Waals surface area contributed by atoms with E-state index in [-0.39, 0.29) is 11.5 Å². The van der Waals surface area contributed by atoms with Gasteiger partial charge in [-0.2, -0.15) is 0 Å². The summed E-state index contributed by atoms with van der Waals surface area (Å²) in [5.74, 6) is 1.10. The van der Waals surface area contributed by atoms with Crippen LogP contribution in [0.3, 0.4) is 0 Å². The zero-order valence-corrected chi connectivity index (χ0v) is 20.6. The van der Waals surface area contributed by atoms with Crippen molar-refractivity contribution in [1.29, 1.82) is 0 Å². The molecule has 0 aliphatic rings. The molecule has 0 unspecified atom stereocenters. The first-order valence-electron chi connectivity index (χ1n) is 10.5.